The summed E-state index contributed by atoms with van der Waals surface area (Å²) in [6.07, 6.45) is 1.91. The fourth-order valence-corrected chi connectivity index (χ4v) is 1.69. The summed E-state index contributed by atoms with van der Waals surface area (Å²) in [5.74, 6) is -0.887. The first kappa shape index (κ1) is 10.5. The number of benzene rings is 1. The summed E-state index contributed by atoms with van der Waals surface area (Å²) in [5, 5.41) is 19.1. The number of aromatic nitrogens is 1. The van der Waals surface area contributed by atoms with Gasteiger partial charge in [0.05, 0.1) is 5.52 Å². The number of nitrogens with two attached hydrogens (primary N) is 1. The number of H-pyrrole nitrogens is 1. The number of para-hydroxylation sites is 1. The van der Waals surface area contributed by atoms with Crippen LogP contribution < -0.4 is 5.73 Å². The van der Waals surface area contributed by atoms with Crippen molar-refractivity contribution in [3.8, 4) is 5.75 Å². The van der Waals surface area contributed by atoms with Crippen molar-refractivity contribution in [1.29, 1.82) is 0 Å². The average Bonchev–Trinajstić information content (AvgIpc) is 2.63. The molecule has 0 fully saturated rings. The zero-order valence-corrected chi connectivity index (χ0v) is 8.47. The van der Waals surface area contributed by atoms with Gasteiger partial charge < -0.3 is 20.9 Å². The molecule has 0 aliphatic carbocycles. The molecular weight excluding hydrogens is 208 g/mol. The second-order valence-electron chi connectivity index (χ2n) is 3.66. The number of rotatable bonds is 3. The van der Waals surface area contributed by atoms with Gasteiger partial charge in [-0.2, -0.15) is 0 Å². The van der Waals surface area contributed by atoms with Crippen LogP contribution in [0.25, 0.3) is 10.9 Å². The van der Waals surface area contributed by atoms with Crippen molar-refractivity contribution in [2.45, 2.75) is 12.5 Å². The Morgan fingerprint density at radius 2 is 2.25 bits per heavy atom. The van der Waals surface area contributed by atoms with Gasteiger partial charge in [0, 0.05) is 18.0 Å². The Bertz CT molecular complexity index is 533. The smallest absolute Gasteiger partial charge is 0.320 e. The maximum absolute atomic E-state index is 10.6. The van der Waals surface area contributed by atoms with E-state index in [0.717, 1.165) is 10.9 Å². The molecular formula is C11H12N2O3. The average molecular weight is 220 g/mol. The lowest BCUT2D eigenvalue weighted by Gasteiger charge is -2.04. The number of aliphatic carboxylic acids is 1. The maximum atomic E-state index is 10.6. The lowest BCUT2D eigenvalue weighted by Crippen LogP contribution is -2.32. The van der Waals surface area contributed by atoms with Crippen LogP contribution in [0.3, 0.4) is 0 Å². The van der Waals surface area contributed by atoms with Crippen molar-refractivity contribution in [2.24, 2.45) is 5.73 Å². The van der Waals surface area contributed by atoms with Crippen molar-refractivity contribution in [3.63, 3.8) is 0 Å². The molecule has 2 rings (SSSR count). The number of carbonyl (C=O) groups is 1. The Hall–Kier alpha value is -2.01. The van der Waals surface area contributed by atoms with E-state index in [1.165, 1.54) is 0 Å². The Morgan fingerprint density at radius 1 is 1.50 bits per heavy atom. The van der Waals surface area contributed by atoms with Crippen LogP contribution in [-0.2, 0) is 11.2 Å². The van der Waals surface area contributed by atoms with E-state index >= 15 is 0 Å². The summed E-state index contributed by atoms with van der Waals surface area (Å²) >= 11 is 0. The van der Waals surface area contributed by atoms with Gasteiger partial charge in [0.2, 0.25) is 0 Å². The molecule has 0 saturated carbocycles. The van der Waals surface area contributed by atoms with Crippen LogP contribution in [0.4, 0.5) is 0 Å². The topological polar surface area (TPSA) is 99.3 Å². The monoisotopic (exact) mass is 220 g/mol. The third kappa shape index (κ3) is 1.72. The van der Waals surface area contributed by atoms with Gasteiger partial charge >= 0.3 is 5.97 Å². The number of carboxylic acids is 1. The molecule has 0 aliphatic heterocycles. The molecule has 5 N–H and O–H groups in total. The van der Waals surface area contributed by atoms with Crippen molar-refractivity contribution in [3.05, 3.63) is 30.0 Å². The van der Waals surface area contributed by atoms with E-state index in [-0.39, 0.29) is 12.2 Å². The molecule has 0 saturated heterocycles. The SMILES string of the molecule is NC(Cc1c[nH]c2c(O)cccc12)C(=O)O. The summed E-state index contributed by atoms with van der Waals surface area (Å²) in [7, 11) is 0. The van der Waals surface area contributed by atoms with Crippen LogP contribution in [0.15, 0.2) is 24.4 Å². The van der Waals surface area contributed by atoms with Gasteiger partial charge in [-0.05, 0) is 11.6 Å². The van der Waals surface area contributed by atoms with Crippen LogP contribution in [0.2, 0.25) is 0 Å². The number of hydrogen-bond donors (Lipinski definition) is 4. The Labute approximate surface area is 91.5 Å². The van der Waals surface area contributed by atoms with E-state index < -0.39 is 12.0 Å². The van der Waals surface area contributed by atoms with Gasteiger partial charge in [0.15, 0.2) is 0 Å². The van der Waals surface area contributed by atoms with Gasteiger partial charge in [-0.3, -0.25) is 4.79 Å². The first-order chi connectivity index (χ1) is 7.59. The highest BCUT2D eigenvalue weighted by molar-refractivity contribution is 5.88. The molecule has 2 aromatic rings. The maximum Gasteiger partial charge on any atom is 0.320 e. The molecule has 5 nitrogen and oxygen atoms in total. The van der Waals surface area contributed by atoms with Crippen LogP contribution >= 0.6 is 0 Å². The Kier molecular flexibility index (Phi) is 2.54. The molecule has 84 valence electrons. The fraction of sp³-hybridized carbons (Fsp3) is 0.182. The molecule has 0 radical (unpaired) electrons. The van der Waals surface area contributed by atoms with Gasteiger partial charge in [-0.1, -0.05) is 12.1 Å². The third-order valence-electron chi connectivity index (χ3n) is 2.54. The van der Waals surface area contributed by atoms with Gasteiger partial charge in [-0.15, -0.1) is 0 Å². The highest BCUT2D eigenvalue weighted by Crippen LogP contribution is 2.26. The third-order valence-corrected chi connectivity index (χ3v) is 2.54. The molecule has 1 heterocycles. The number of phenolic OH excluding ortho intramolecular Hbond substituents is 1. The minimum Gasteiger partial charge on any atom is -0.506 e. The fourth-order valence-electron chi connectivity index (χ4n) is 1.69. The predicted octanol–water partition coefficient (Wildman–Crippen LogP) is 0.828. The minimum absolute atomic E-state index is 0.146. The number of fused-ring (bicyclic) bond motifs is 1. The predicted molar refractivity (Wildman–Crippen MR) is 59.3 cm³/mol. The molecule has 0 bridgehead atoms. The van der Waals surface area contributed by atoms with Crippen molar-refractivity contribution in [2.75, 3.05) is 0 Å². The molecule has 1 aromatic carbocycles. The quantitative estimate of drug-likeness (QED) is 0.615. The Balaban J connectivity index is 2.39. The largest absolute Gasteiger partial charge is 0.506 e. The molecule has 0 amide bonds. The van der Waals surface area contributed by atoms with E-state index in [1.807, 2.05) is 6.07 Å². The molecule has 5 heteroatoms. The van der Waals surface area contributed by atoms with Gasteiger partial charge in [-0.25, -0.2) is 0 Å². The standard InChI is InChI=1S/C11H12N2O3/c12-8(11(15)16)4-6-5-13-10-7(6)2-1-3-9(10)14/h1-3,5,8,13-14H,4,12H2,(H,15,16). The van der Waals surface area contributed by atoms with Crippen LogP contribution in [0.5, 0.6) is 5.75 Å². The molecule has 1 aromatic heterocycles. The zero-order valence-electron chi connectivity index (χ0n) is 8.47. The first-order valence-corrected chi connectivity index (χ1v) is 4.86. The zero-order chi connectivity index (χ0) is 11.7. The summed E-state index contributed by atoms with van der Waals surface area (Å²) < 4.78 is 0. The lowest BCUT2D eigenvalue weighted by molar-refractivity contribution is -0.138. The number of aromatic hydroxyl groups is 1. The van der Waals surface area contributed by atoms with Crippen LogP contribution in [0, 0.1) is 0 Å². The number of nitrogens with one attached hydrogen (secondary N) is 1. The second-order valence-corrected chi connectivity index (χ2v) is 3.66. The first-order valence-electron chi connectivity index (χ1n) is 4.86. The summed E-state index contributed by atoms with van der Waals surface area (Å²) in [6.45, 7) is 0. The number of carboxylic acid groups (broad SMARTS) is 1. The summed E-state index contributed by atoms with van der Waals surface area (Å²) in [6, 6.07) is 4.16. The van der Waals surface area contributed by atoms with E-state index in [2.05, 4.69) is 4.98 Å². The van der Waals surface area contributed by atoms with Crippen molar-refractivity contribution < 1.29 is 15.0 Å². The number of aromatic amines is 1. The highest BCUT2D eigenvalue weighted by Gasteiger charge is 2.15. The van der Waals surface area contributed by atoms with E-state index in [0.29, 0.717) is 5.52 Å². The highest BCUT2D eigenvalue weighted by atomic mass is 16.4. The van der Waals surface area contributed by atoms with Crippen LogP contribution in [-0.4, -0.2) is 27.2 Å². The summed E-state index contributed by atoms with van der Waals surface area (Å²) in [5.41, 5.74) is 6.86. The van der Waals surface area contributed by atoms with Crippen molar-refractivity contribution >= 4 is 16.9 Å². The second kappa shape index (κ2) is 3.86. The van der Waals surface area contributed by atoms with Gasteiger partial charge in [0.25, 0.3) is 0 Å². The molecule has 1 unspecified atom stereocenters. The summed E-state index contributed by atoms with van der Waals surface area (Å²) in [4.78, 5) is 13.5. The lowest BCUT2D eigenvalue weighted by atomic mass is 10.1. The van der Waals surface area contributed by atoms with E-state index in [9.17, 15) is 9.90 Å². The van der Waals surface area contributed by atoms with Crippen LogP contribution in [0.1, 0.15) is 5.56 Å². The van der Waals surface area contributed by atoms with E-state index in [1.54, 1.807) is 18.3 Å². The molecule has 16 heavy (non-hydrogen) atoms. The number of phenols is 1. The minimum atomic E-state index is -1.03. The van der Waals surface area contributed by atoms with Crippen molar-refractivity contribution in [1.82, 2.24) is 4.98 Å². The van der Waals surface area contributed by atoms with E-state index in [4.69, 9.17) is 10.8 Å². The molecule has 0 spiro atoms. The van der Waals surface area contributed by atoms with Gasteiger partial charge in [0.1, 0.15) is 11.8 Å². The molecule has 1 atom stereocenters. The number of hydrogen-bond acceptors (Lipinski definition) is 3. The normalized spacial score (nSPS) is 12.8. The molecule has 0 aliphatic rings. The Morgan fingerprint density at radius 3 is 2.94 bits per heavy atom.